The first-order valence-corrected chi connectivity index (χ1v) is 12.2. The predicted octanol–water partition coefficient (Wildman–Crippen LogP) is 3.30. The number of carbonyl (C=O) groups excluding carboxylic acids is 1. The third-order valence-corrected chi connectivity index (χ3v) is 7.51. The monoisotopic (exact) mass is 427 g/mol. The normalized spacial score (nSPS) is 19.2. The number of amides is 1. The Morgan fingerprint density at radius 3 is 2.73 bits per heavy atom. The molecule has 6 nitrogen and oxygen atoms in total. The molecule has 3 N–H and O–H groups in total. The molecular weight excluding hydrogens is 398 g/mol. The Morgan fingerprint density at radius 1 is 1.10 bits per heavy atom. The molecule has 7 heteroatoms. The van der Waals surface area contributed by atoms with E-state index in [4.69, 9.17) is 0 Å². The van der Waals surface area contributed by atoms with Crippen LogP contribution in [0.2, 0.25) is 0 Å². The summed E-state index contributed by atoms with van der Waals surface area (Å²) >= 11 is 0. The van der Waals surface area contributed by atoms with Crippen molar-refractivity contribution in [3.63, 3.8) is 0 Å². The van der Waals surface area contributed by atoms with Gasteiger partial charge in [-0.25, -0.2) is 13.1 Å². The maximum Gasteiger partial charge on any atom is 0.242 e. The Kier molecular flexibility index (Phi) is 6.11. The molecule has 160 valence electrons. The largest absolute Gasteiger partial charge is 0.384 e. The lowest BCUT2D eigenvalue weighted by atomic mass is 9.87. The van der Waals surface area contributed by atoms with Crippen LogP contribution in [0.5, 0.6) is 0 Å². The molecule has 1 aliphatic carbocycles. The zero-order valence-electron chi connectivity index (χ0n) is 17.3. The Labute approximate surface area is 178 Å². The summed E-state index contributed by atoms with van der Waals surface area (Å²) in [5.41, 5.74) is 4.16. The average Bonchev–Trinajstić information content (AvgIpc) is 2.73. The van der Waals surface area contributed by atoms with Crippen molar-refractivity contribution in [3.8, 4) is 0 Å². The molecule has 1 aliphatic heterocycles. The number of carbonyl (C=O) groups is 1. The number of benzene rings is 2. The van der Waals surface area contributed by atoms with Crippen molar-refractivity contribution in [3.05, 3.63) is 59.2 Å². The lowest BCUT2D eigenvalue weighted by molar-refractivity contribution is -0.122. The SMILES string of the molecule is CC(CC(=O)NC1CCCc2ccccc21)NS(=O)(=O)c1cccc2c1NCCC2. The minimum atomic E-state index is -3.72. The van der Waals surface area contributed by atoms with Crippen molar-refractivity contribution >= 4 is 21.6 Å². The first-order chi connectivity index (χ1) is 14.4. The van der Waals surface area contributed by atoms with E-state index in [1.54, 1.807) is 19.1 Å². The number of hydrogen-bond donors (Lipinski definition) is 3. The molecule has 0 bridgehead atoms. The Morgan fingerprint density at radius 2 is 1.87 bits per heavy atom. The highest BCUT2D eigenvalue weighted by Gasteiger charge is 2.26. The molecule has 1 heterocycles. The topological polar surface area (TPSA) is 87.3 Å². The van der Waals surface area contributed by atoms with Gasteiger partial charge in [-0.15, -0.1) is 0 Å². The summed E-state index contributed by atoms with van der Waals surface area (Å²) in [6.07, 6.45) is 4.94. The summed E-state index contributed by atoms with van der Waals surface area (Å²) in [4.78, 5) is 12.9. The third-order valence-electron chi connectivity index (χ3n) is 5.88. The predicted molar refractivity (Wildman–Crippen MR) is 118 cm³/mol. The van der Waals surface area contributed by atoms with Crippen molar-refractivity contribution in [1.29, 1.82) is 0 Å². The van der Waals surface area contributed by atoms with Crippen LogP contribution in [0.15, 0.2) is 47.4 Å². The number of nitrogens with one attached hydrogen (secondary N) is 3. The molecule has 0 fully saturated rings. The smallest absolute Gasteiger partial charge is 0.242 e. The van der Waals surface area contributed by atoms with Crippen molar-refractivity contribution < 1.29 is 13.2 Å². The van der Waals surface area contributed by atoms with Crippen LogP contribution < -0.4 is 15.4 Å². The average molecular weight is 428 g/mol. The van der Waals surface area contributed by atoms with E-state index in [2.05, 4.69) is 27.5 Å². The maximum absolute atomic E-state index is 13.0. The molecule has 0 saturated heterocycles. The van der Waals surface area contributed by atoms with Crippen LogP contribution in [0, 0.1) is 0 Å². The van der Waals surface area contributed by atoms with Gasteiger partial charge in [-0.2, -0.15) is 0 Å². The molecule has 0 aromatic heterocycles. The lowest BCUT2D eigenvalue weighted by Gasteiger charge is -2.27. The molecule has 0 spiro atoms. The van der Waals surface area contributed by atoms with Gasteiger partial charge in [0.1, 0.15) is 4.90 Å². The zero-order valence-corrected chi connectivity index (χ0v) is 18.1. The summed E-state index contributed by atoms with van der Waals surface area (Å²) in [6.45, 7) is 2.50. The second-order valence-corrected chi connectivity index (χ2v) is 9.94. The zero-order chi connectivity index (χ0) is 21.1. The van der Waals surface area contributed by atoms with Crippen molar-refractivity contribution in [1.82, 2.24) is 10.0 Å². The second kappa shape index (κ2) is 8.78. The number of para-hydroxylation sites is 1. The number of anilines is 1. The molecule has 2 aliphatic rings. The minimum absolute atomic E-state index is 0.00315. The number of rotatable bonds is 6. The Bertz CT molecular complexity index is 1040. The van der Waals surface area contributed by atoms with E-state index in [-0.39, 0.29) is 23.3 Å². The molecular formula is C23H29N3O3S. The van der Waals surface area contributed by atoms with Crippen molar-refractivity contribution in [2.75, 3.05) is 11.9 Å². The summed E-state index contributed by atoms with van der Waals surface area (Å²) in [5.74, 6) is -0.139. The highest BCUT2D eigenvalue weighted by atomic mass is 32.2. The van der Waals surface area contributed by atoms with Gasteiger partial charge in [-0.05, 0) is 61.8 Å². The van der Waals surface area contributed by atoms with E-state index in [0.717, 1.165) is 44.2 Å². The van der Waals surface area contributed by atoms with Crippen LogP contribution in [0.4, 0.5) is 5.69 Å². The fourth-order valence-corrected chi connectivity index (χ4v) is 5.98. The van der Waals surface area contributed by atoms with Gasteiger partial charge in [-0.3, -0.25) is 4.79 Å². The van der Waals surface area contributed by atoms with Gasteiger partial charge in [0.15, 0.2) is 0 Å². The van der Waals surface area contributed by atoms with Gasteiger partial charge >= 0.3 is 0 Å². The Hall–Kier alpha value is -2.38. The second-order valence-electron chi connectivity index (χ2n) is 8.26. The van der Waals surface area contributed by atoms with E-state index in [0.29, 0.717) is 5.69 Å². The fraction of sp³-hybridized carbons (Fsp3) is 0.435. The van der Waals surface area contributed by atoms with Gasteiger partial charge in [0.25, 0.3) is 0 Å². The number of fused-ring (bicyclic) bond motifs is 2. The van der Waals surface area contributed by atoms with Gasteiger partial charge in [0, 0.05) is 19.0 Å². The highest BCUT2D eigenvalue weighted by molar-refractivity contribution is 7.89. The molecule has 2 aromatic rings. The standard InChI is InChI=1S/C23H29N3O3S/c1-16(15-22(27)25-20-12-4-8-17-7-2-3-11-19(17)20)26-30(28,29)21-13-5-9-18-10-6-14-24-23(18)21/h2-3,5,7,9,11,13,16,20,24,26H,4,6,8,10,12,14-15H2,1H3,(H,25,27). The van der Waals surface area contributed by atoms with E-state index in [9.17, 15) is 13.2 Å². The molecule has 2 aromatic carbocycles. The maximum atomic E-state index is 13.0. The third kappa shape index (κ3) is 4.52. The highest BCUT2D eigenvalue weighted by Crippen LogP contribution is 2.30. The molecule has 2 atom stereocenters. The lowest BCUT2D eigenvalue weighted by Crippen LogP contribution is -2.39. The molecule has 0 saturated carbocycles. The quantitative estimate of drug-likeness (QED) is 0.660. The van der Waals surface area contributed by atoms with Gasteiger partial charge < -0.3 is 10.6 Å². The summed E-state index contributed by atoms with van der Waals surface area (Å²) in [6, 6.07) is 13.0. The van der Waals surface area contributed by atoms with Crippen molar-refractivity contribution in [2.24, 2.45) is 0 Å². The summed E-state index contributed by atoms with van der Waals surface area (Å²) in [7, 11) is -3.72. The van der Waals surface area contributed by atoms with Crippen LogP contribution >= 0.6 is 0 Å². The number of aryl methyl sites for hydroxylation is 2. The van der Waals surface area contributed by atoms with Gasteiger partial charge in [0.2, 0.25) is 15.9 Å². The summed E-state index contributed by atoms with van der Waals surface area (Å²) in [5, 5.41) is 6.31. The molecule has 1 amide bonds. The fourth-order valence-electron chi connectivity index (χ4n) is 4.51. The van der Waals surface area contributed by atoms with Gasteiger partial charge in [-0.1, -0.05) is 36.4 Å². The Balaban J connectivity index is 1.40. The van der Waals surface area contributed by atoms with Crippen LogP contribution in [0.25, 0.3) is 0 Å². The van der Waals surface area contributed by atoms with E-state index < -0.39 is 16.1 Å². The summed E-state index contributed by atoms with van der Waals surface area (Å²) < 4.78 is 28.6. The molecule has 4 rings (SSSR count). The van der Waals surface area contributed by atoms with Crippen LogP contribution in [-0.4, -0.2) is 26.9 Å². The van der Waals surface area contributed by atoms with E-state index in [1.165, 1.54) is 11.1 Å². The molecule has 2 unspecified atom stereocenters. The van der Waals surface area contributed by atoms with Crippen LogP contribution in [0.1, 0.15) is 55.3 Å². The molecule has 0 radical (unpaired) electrons. The number of hydrogen-bond acceptors (Lipinski definition) is 4. The van der Waals surface area contributed by atoms with E-state index in [1.807, 2.05) is 18.2 Å². The van der Waals surface area contributed by atoms with Crippen LogP contribution in [-0.2, 0) is 27.7 Å². The first kappa shape index (κ1) is 20.9. The molecule has 30 heavy (non-hydrogen) atoms. The van der Waals surface area contributed by atoms with E-state index >= 15 is 0 Å². The first-order valence-electron chi connectivity index (χ1n) is 10.7. The number of sulfonamides is 1. The minimum Gasteiger partial charge on any atom is -0.384 e. The van der Waals surface area contributed by atoms with Crippen LogP contribution in [0.3, 0.4) is 0 Å². The van der Waals surface area contributed by atoms with Crippen molar-refractivity contribution in [2.45, 2.75) is 62.4 Å². The van der Waals surface area contributed by atoms with Gasteiger partial charge in [0.05, 0.1) is 11.7 Å².